The standard InChI is InChI=1S/C22H31NO2/c1-16(2)20-15-21(24)17(3)14-22(20)25-18(4)23(5)13-9-12-19-10-7-6-8-11-19/h6-8,10-11,14-16,18,24H,9,12-13H2,1-5H3. The Labute approximate surface area is 152 Å². The second-order valence-corrected chi connectivity index (χ2v) is 7.12. The number of phenols is 1. The summed E-state index contributed by atoms with van der Waals surface area (Å²) in [6.45, 7) is 9.19. The van der Waals surface area contributed by atoms with Crippen molar-refractivity contribution in [2.24, 2.45) is 0 Å². The Morgan fingerprint density at radius 2 is 1.76 bits per heavy atom. The van der Waals surface area contributed by atoms with Gasteiger partial charge in [0, 0.05) is 12.1 Å². The summed E-state index contributed by atoms with van der Waals surface area (Å²) in [6.07, 6.45) is 2.16. The maximum absolute atomic E-state index is 9.98. The second-order valence-electron chi connectivity index (χ2n) is 7.12. The zero-order chi connectivity index (χ0) is 18.4. The lowest BCUT2D eigenvalue weighted by Crippen LogP contribution is -2.35. The van der Waals surface area contributed by atoms with Crippen LogP contribution in [0.25, 0.3) is 0 Å². The first-order chi connectivity index (χ1) is 11.9. The van der Waals surface area contributed by atoms with Crippen LogP contribution in [0.3, 0.4) is 0 Å². The van der Waals surface area contributed by atoms with Crippen molar-refractivity contribution in [2.45, 2.75) is 52.7 Å². The largest absolute Gasteiger partial charge is 0.508 e. The molecule has 0 saturated carbocycles. The van der Waals surface area contributed by atoms with Crippen molar-refractivity contribution in [1.29, 1.82) is 0 Å². The average Bonchev–Trinajstić information content (AvgIpc) is 2.58. The first-order valence-corrected chi connectivity index (χ1v) is 9.12. The number of aryl methyl sites for hydroxylation is 2. The monoisotopic (exact) mass is 341 g/mol. The summed E-state index contributed by atoms with van der Waals surface area (Å²) in [5, 5.41) is 9.98. The molecule has 2 aromatic carbocycles. The molecule has 2 rings (SSSR count). The van der Waals surface area contributed by atoms with E-state index in [2.05, 4.69) is 63.1 Å². The van der Waals surface area contributed by atoms with Crippen LogP contribution in [0, 0.1) is 6.92 Å². The molecule has 25 heavy (non-hydrogen) atoms. The predicted octanol–water partition coefficient (Wildman–Crippen LogP) is 5.11. The highest BCUT2D eigenvalue weighted by molar-refractivity contribution is 5.46. The van der Waals surface area contributed by atoms with Gasteiger partial charge in [-0.2, -0.15) is 0 Å². The van der Waals surface area contributed by atoms with Gasteiger partial charge < -0.3 is 9.84 Å². The highest BCUT2D eigenvalue weighted by Crippen LogP contribution is 2.33. The zero-order valence-electron chi connectivity index (χ0n) is 16.1. The average molecular weight is 341 g/mol. The van der Waals surface area contributed by atoms with Crippen molar-refractivity contribution in [3.63, 3.8) is 0 Å². The summed E-state index contributed by atoms with van der Waals surface area (Å²) in [6, 6.07) is 14.4. The number of nitrogens with zero attached hydrogens (tertiary/aromatic N) is 1. The fraction of sp³-hybridized carbons (Fsp3) is 0.455. The molecular formula is C22H31NO2. The molecule has 0 amide bonds. The lowest BCUT2D eigenvalue weighted by atomic mass is 10.00. The minimum atomic E-state index is -0.0165. The van der Waals surface area contributed by atoms with Crippen molar-refractivity contribution in [2.75, 3.05) is 13.6 Å². The summed E-state index contributed by atoms with van der Waals surface area (Å²) >= 11 is 0. The Morgan fingerprint density at radius 1 is 1.08 bits per heavy atom. The SMILES string of the molecule is Cc1cc(OC(C)N(C)CCCc2ccccc2)c(C(C)C)cc1O. The number of aromatic hydroxyl groups is 1. The molecule has 1 unspecified atom stereocenters. The van der Waals surface area contributed by atoms with Crippen LogP contribution in [0.1, 0.15) is 49.8 Å². The van der Waals surface area contributed by atoms with Gasteiger partial charge in [-0.1, -0.05) is 44.2 Å². The fourth-order valence-corrected chi connectivity index (χ4v) is 2.87. The molecule has 0 bridgehead atoms. The van der Waals surface area contributed by atoms with Gasteiger partial charge in [-0.3, -0.25) is 4.90 Å². The molecule has 0 aliphatic carbocycles. The third kappa shape index (κ3) is 5.50. The van der Waals surface area contributed by atoms with E-state index in [1.54, 1.807) is 0 Å². The summed E-state index contributed by atoms with van der Waals surface area (Å²) in [4.78, 5) is 2.23. The maximum Gasteiger partial charge on any atom is 0.149 e. The van der Waals surface area contributed by atoms with Crippen LogP contribution in [0.2, 0.25) is 0 Å². The van der Waals surface area contributed by atoms with Crippen LogP contribution < -0.4 is 4.74 Å². The highest BCUT2D eigenvalue weighted by atomic mass is 16.5. The third-order valence-corrected chi connectivity index (χ3v) is 4.69. The normalized spacial score (nSPS) is 12.6. The molecule has 3 heteroatoms. The molecule has 0 fully saturated rings. The van der Waals surface area contributed by atoms with Crippen LogP contribution in [-0.2, 0) is 6.42 Å². The molecule has 136 valence electrons. The molecular weight excluding hydrogens is 310 g/mol. The molecule has 0 saturated heterocycles. The third-order valence-electron chi connectivity index (χ3n) is 4.69. The van der Waals surface area contributed by atoms with Crippen molar-refractivity contribution in [1.82, 2.24) is 4.90 Å². The molecule has 0 aromatic heterocycles. The molecule has 0 radical (unpaired) electrons. The Balaban J connectivity index is 1.94. The van der Waals surface area contributed by atoms with E-state index in [0.29, 0.717) is 11.7 Å². The van der Waals surface area contributed by atoms with E-state index in [9.17, 15) is 5.11 Å². The molecule has 1 N–H and O–H groups in total. The number of hydrogen-bond acceptors (Lipinski definition) is 3. The van der Waals surface area contributed by atoms with Crippen LogP contribution in [0.4, 0.5) is 0 Å². The molecule has 0 spiro atoms. The molecule has 0 aliphatic rings. The van der Waals surface area contributed by atoms with Crippen molar-refractivity contribution < 1.29 is 9.84 Å². The highest BCUT2D eigenvalue weighted by Gasteiger charge is 2.16. The van der Waals surface area contributed by atoms with Gasteiger partial charge in [0.2, 0.25) is 0 Å². The summed E-state index contributed by atoms with van der Waals surface area (Å²) in [7, 11) is 2.10. The molecule has 0 heterocycles. The number of benzene rings is 2. The number of hydrogen-bond donors (Lipinski definition) is 1. The Hall–Kier alpha value is -2.00. The van der Waals surface area contributed by atoms with Gasteiger partial charge in [0.15, 0.2) is 0 Å². The number of phenolic OH excluding ortho intramolecular Hbond substituents is 1. The maximum atomic E-state index is 9.98. The topological polar surface area (TPSA) is 32.7 Å². The lowest BCUT2D eigenvalue weighted by molar-refractivity contribution is 0.0589. The smallest absolute Gasteiger partial charge is 0.149 e. The van der Waals surface area contributed by atoms with Gasteiger partial charge in [-0.05, 0) is 62.9 Å². The van der Waals surface area contributed by atoms with E-state index < -0.39 is 0 Å². The van der Waals surface area contributed by atoms with Gasteiger partial charge in [0.1, 0.15) is 17.7 Å². The second kappa shape index (κ2) is 8.91. The van der Waals surface area contributed by atoms with Crippen LogP contribution in [0.15, 0.2) is 42.5 Å². The predicted molar refractivity (Wildman–Crippen MR) is 104 cm³/mol. The fourth-order valence-electron chi connectivity index (χ4n) is 2.87. The van der Waals surface area contributed by atoms with Crippen LogP contribution >= 0.6 is 0 Å². The summed E-state index contributed by atoms with van der Waals surface area (Å²) in [5.74, 6) is 1.50. The van der Waals surface area contributed by atoms with Crippen LogP contribution in [-0.4, -0.2) is 29.8 Å². The first kappa shape index (κ1) is 19.3. The number of ether oxygens (including phenoxy) is 1. The van der Waals surface area contributed by atoms with E-state index in [4.69, 9.17) is 4.74 Å². The van der Waals surface area contributed by atoms with Gasteiger partial charge in [0.05, 0.1) is 0 Å². The summed E-state index contributed by atoms with van der Waals surface area (Å²) in [5.41, 5.74) is 3.27. The van der Waals surface area contributed by atoms with Crippen molar-refractivity contribution in [3.05, 3.63) is 59.2 Å². The summed E-state index contributed by atoms with van der Waals surface area (Å²) < 4.78 is 6.22. The molecule has 1 atom stereocenters. The number of rotatable bonds is 8. The molecule has 2 aromatic rings. The van der Waals surface area contributed by atoms with Crippen LogP contribution in [0.5, 0.6) is 11.5 Å². The Kier molecular flexibility index (Phi) is 6.89. The van der Waals surface area contributed by atoms with Gasteiger partial charge in [0.25, 0.3) is 0 Å². The van der Waals surface area contributed by atoms with E-state index >= 15 is 0 Å². The first-order valence-electron chi connectivity index (χ1n) is 9.12. The van der Waals surface area contributed by atoms with Gasteiger partial charge >= 0.3 is 0 Å². The molecule has 0 aliphatic heterocycles. The molecule has 3 nitrogen and oxygen atoms in total. The minimum absolute atomic E-state index is 0.0165. The quantitative estimate of drug-likeness (QED) is 0.677. The van der Waals surface area contributed by atoms with Crippen molar-refractivity contribution >= 4 is 0 Å². The van der Waals surface area contributed by atoms with Crippen molar-refractivity contribution in [3.8, 4) is 11.5 Å². The lowest BCUT2D eigenvalue weighted by Gasteiger charge is -2.27. The Morgan fingerprint density at radius 3 is 2.40 bits per heavy atom. The Bertz CT molecular complexity index is 667. The zero-order valence-corrected chi connectivity index (χ0v) is 16.1. The minimum Gasteiger partial charge on any atom is -0.508 e. The van der Waals surface area contributed by atoms with E-state index in [1.807, 2.05) is 19.1 Å². The van der Waals surface area contributed by atoms with Gasteiger partial charge in [-0.25, -0.2) is 0 Å². The van der Waals surface area contributed by atoms with Gasteiger partial charge in [-0.15, -0.1) is 0 Å². The van der Waals surface area contributed by atoms with E-state index in [0.717, 1.165) is 36.3 Å². The van der Waals surface area contributed by atoms with E-state index in [-0.39, 0.29) is 6.23 Å². The van der Waals surface area contributed by atoms with E-state index in [1.165, 1.54) is 5.56 Å².